The first kappa shape index (κ1) is 19.9. The molecule has 0 bridgehead atoms. The van der Waals surface area contributed by atoms with E-state index in [1.807, 2.05) is 61.5 Å². The Morgan fingerprint density at radius 2 is 1.80 bits per heavy atom. The Morgan fingerprint density at radius 1 is 1.00 bits per heavy atom. The Balaban J connectivity index is 1.62. The molecule has 0 aromatic heterocycles. The average Bonchev–Trinajstić information content (AvgIpc) is 3.02. The molecular formula is C24H19BrN2O3. The molecule has 30 heavy (non-hydrogen) atoms. The predicted molar refractivity (Wildman–Crippen MR) is 120 cm³/mol. The van der Waals surface area contributed by atoms with Crippen LogP contribution in [0.5, 0.6) is 5.75 Å². The molecule has 6 heteroatoms. The van der Waals surface area contributed by atoms with Crippen molar-refractivity contribution in [2.75, 3.05) is 5.01 Å². The highest BCUT2D eigenvalue weighted by Gasteiger charge is 2.34. The van der Waals surface area contributed by atoms with Crippen LogP contribution in [0, 0.1) is 6.92 Å². The molecule has 4 rings (SSSR count). The van der Waals surface area contributed by atoms with E-state index in [1.54, 1.807) is 18.2 Å². The summed E-state index contributed by atoms with van der Waals surface area (Å²) in [5, 5.41) is 1.25. The molecule has 1 saturated heterocycles. The molecule has 1 aliphatic heterocycles. The molecule has 1 N–H and O–H groups in total. The average molecular weight is 463 g/mol. The Bertz CT molecular complexity index is 1140. The van der Waals surface area contributed by atoms with Gasteiger partial charge in [-0.3, -0.25) is 15.0 Å². The number of carbonyl (C=O) groups is 2. The number of hydrogen-bond acceptors (Lipinski definition) is 3. The molecule has 0 radical (unpaired) electrons. The van der Waals surface area contributed by atoms with Gasteiger partial charge in [0.05, 0.1) is 5.69 Å². The number of para-hydroxylation sites is 1. The van der Waals surface area contributed by atoms with Crippen LogP contribution in [0.15, 0.2) is 82.8 Å². The summed E-state index contributed by atoms with van der Waals surface area (Å²) in [5.74, 6) is -0.268. The molecular weight excluding hydrogens is 444 g/mol. The number of rotatable bonds is 5. The van der Waals surface area contributed by atoms with Gasteiger partial charge in [0, 0.05) is 10.0 Å². The molecule has 1 fully saturated rings. The Hall–Kier alpha value is -3.38. The molecule has 0 spiro atoms. The number of anilines is 1. The topological polar surface area (TPSA) is 58.6 Å². The monoisotopic (exact) mass is 462 g/mol. The largest absolute Gasteiger partial charge is 0.488 e. The van der Waals surface area contributed by atoms with E-state index in [2.05, 4.69) is 27.4 Å². The van der Waals surface area contributed by atoms with E-state index < -0.39 is 11.8 Å². The zero-order valence-electron chi connectivity index (χ0n) is 16.3. The summed E-state index contributed by atoms with van der Waals surface area (Å²) in [5.41, 5.74) is 6.11. The molecule has 5 nitrogen and oxygen atoms in total. The minimum absolute atomic E-state index is 0.0531. The highest BCUT2D eigenvalue weighted by Crippen LogP contribution is 2.28. The van der Waals surface area contributed by atoms with Gasteiger partial charge in [-0.15, -0.1) is 0 Å². The molecule has 0 unspecified atom stereocenters. The van der Waals surface area contributed by atoms with Crippen LogP contribution in [-0.4, -0.2) is 11.8 Å². The fraction of sp³-hybridized carbons (Fsp3) is 0.0833. The molecule has 2 amide bonds. The van der Waals surface area contributed by atoms with Crippen molar-refractivity contribution >= 4 is 39.5 Å². The maximum atomic E-state index is 12.9. The van der Waals surface area contributed by atoms with E-state index in [1.165, 1.54) is 5.01 Å². The lowest BCUT2D eigenvalue weighted by Crippen LogP contribution is -2.35. The van der Waals surface area contributed by atoms with Crippen LogP contribution in [0.3, 0.4) is 0 Å². The first-order chi connectivity index (χ1) is 14.5. The van der Waals surface area contributed by atoms with Crippen molar-refractivity contribution in [3.05, 3.63) is 99.5 Å². The number of aryl methyl sites for hydroxylation is 1. The van der Waals surface area contributed by atoms with Crippen LogP contribution in [0.1, 0.15) is 16.7 Å². The number of hydrogen-bond donors (Lipinski definition) is 1. The molecule has 1 aliphatic rings. The minimum Gasteiger partial charge on any atom is -0.488 e. The molecule has 150 valence electrons. The third-order valence-corrected chi connectivity index (χ3v) is 5.15. The van der Waals surface area contributed by atoms with Gasteiger partial charge in [-0.1, -0.05) is 64.0 Å². The lowest BCUT2D eigenvalue weighted by atomic mass is 10.1. The third kappa shape index (κ3) is 4.28. The van der Waals surface area contributed by atoms with E-state index in [0.717, 1.165) is 15.6 Å². The van der Waals surface area contributed by atoms with Crippen LogP contribution in [0.4, 0.5) is 5.69 Å². The van der Waals surface area contributed by atoms with Gasteiger partial charge in [0.1, 0.15) is 17.9 Å². The van der Waals surface area contributed by atoms with Crippen molar-refractivity contribution < 1.29 is 14.3 Å². The van der Waals surface area contributed by atoms with Crippen molar-refractivity contribution in [2.24, 2.45) is 0 Å². The standard InChI is InChI=1S/C24H19BrN2O3/c1-16-6-5-7-17(12-16)15-30-22-11-10-19(25)13-18(22)14-21-23(28)26-27(24(21)29)20-8-3-2-4-9-20/h2-14H,15H2,1H3,(H,26,28)/b21-14+. The van der Waals surface area contributed by atoms with Gasteiger partial charge in [-0.25, -0.2) is 5.01 Å². The van der Waals surface area contributed by atoms with Crippen molar-refractivity contribution in [1.82, 2.24) is 5.43 Å². The molecule has 1 heterocycles. The van der Waals surface area contributed by atoms with Crippen molar-refractivity contribution in [3.63, 3.8) is 0 Å². The van der Waals surface area contributed by atoms with Gasteiger partial charge < -0.3 is 4.74 Å². The number of carbonyl (C=O) groups excluding carboxylic acids is 2. The minimum atomic E-state index is -0.450. The number of amides is 2. The third-order valence-electron chi connectivity index (χ3n) is 4.65. The number of nitrogens with one attached hydrogen (secondary N) is 1. The van der Waals surface area contributed by atoms with E-state index in [-0.39, 0.29) is 5.57 Å². The van der Waals surface area contributed by atoms with E-state index in [0.29, 0.717) is 23.6 Å². The lowest BCUT2D eigenvalue weighted by molar-refractivity contribution is -0.117. The number of ether oxygens (including phenoxy) is 1. The second-order valence-corrected chi connectivity index (χ2v) is 7.85. The summed E-state index contributed by atoms with van der Waals surface area (Å²) < 4.78 is 6.83. The van der Waals surface area contributed by atoms with E-state index in [9.17, 15) is 9.59 Å². The summed E-state index contributed by atoms with van der Waals surface area (Å²) in [4.78, 5) is 25.3. The zero-order chi connectivity index (χ0) is 21.1. The van der Waals surface area contributed by atoms with Gasteiger partial charge >= 0.3 is 0 Å². The summed E-state index contributed by atoms with van der Waals surface area (Å²) in [6.07, 6.45) is 1.57. The smallest absolute Gasteiger partial charge is 0.282 e. The van der Waals surface area contributed by atoms with Crippen LogP contribution in [0.25, 0.3) is 6.08 Å². The maximum Gasteiger partial charge on any atom is 0.282 e. The molecule has 3 aromatic carbocycles. The Morgan fingerprint density at radius 3 is 2.57 bits per heavy atom. The van der Waals surface area contributed by atoms with Gasteiger partial charge in [0.2, 0.25) is 0 Å². The molecule has 0 saturated carbocycles. The Labute approximate surface area is 183 Å². The summed E-state index contributed by atoms with van der Waals surface area (Å²) in [7, 11) is 0. The van der Waals surface area contributed by atoms with Gasteiger partial charge in [-0.05, 0) is 48.9 Å². The van der Waals surface area contributed by atoms with Crippen molar-refractivity contribution in [2.45, 2.75) is 13.5 Å². The van der Waals surface area contributed by atoms with E-state index >= 15 is 0 Å². The molecule has 0 atom stereocenters. The highest BCUT2D eigenvalue weighted by atomic mass is 79.9. The summed E-state index contributed by atoms with van der Waals surface area (Å²) >= 11 is 3.45. The first-order valence-electron chi connectivity index (χ1n) is 9.41. The van der Waals surface area contributed by atoms with Crippen molar-refractivity contribution in [1.29, 1.82) is 0 Å². The van der Waals surface area contributed by atoms with E-state index in [4.69, 9.17) is 4.74 Å². The Kier molecular flexibility index (Phi) is 5.68. The fourth-order valence-corrected chi connectivity index (χ4v) is 3.58. The van der Waals surface area contributed by atoms with Crippen molar-refractivity contribution in [3.8, 4) is 5.75 Å². The summed E-state index contributed by atoms with van der Waals surface area (Å²) in [6.45, 7) is 2.41. The second-order valence-electron chi connectivity index (χ2n) is 6.93. The molecule has 3 aromatic rings. The fourth-order valence-electron chi connectivity index (χ4n) is 3.20. The highest BCUT2D eigenvalue weighted by molar-refractivity contribution is 9.10. The maximum absolute atomic E-state index is 12.9. The first-order valence-corrected chi connectivity index (χ1v) is 10.2. The van der Waals surface area contributed by atoms with Crippen LogP contribution in [-0.2, 0) is 16.2 Å². The number of halogens is 1. The molecule has 0 aliphatic carbocycles. The lowest BCUT2D eigenvalue weighted by Gasteiger charge is -2.14. The SMILES string of the molecule is Cc1cccc(COc2ccc(Br)cc2/C=C2\C(=O)NN(c3ccccc3)C2=O)c1. The van der Waals surface area contributed by atoms with Gasteiger partial charge in [0.25, 0.3) is 11.8 Å². The number of hydrazine groups is 1. The number of nitrogens with zero attached hydrogens (tertiary/aromatic N) is 1. The van der Waals surface area contributed by atoms with Gasteiger partial charge in [-0.2, -0.15) is 0 Å². The zero-order valence-corrected chi connectivity index (χ0v) is 17.8. The quantitative estimate of drug-likeness (QED) is 0.437. The summed E-state index contributed by atoms with van der Waals surface area (Å²) in [6, 6.07) is 22.6. The predicted octanol–water partition coefficient (Wildman–Crippen LogP) is 4.80. The normalized spacial score (nSPS) is 14.9. The van der Waals surface area contributed by atoms with Crippen LogP contribution < -0.4 is 15.2 Å². The van der Waals surface area contributed by atoms with Crippen LogP contribution >= 0.6 is 15.9 Å². The number of benzene rings is 3. The van der Waals surface area contributed by atoms with Gasteiger partial charge in [0.15, 0.2) is 0 Å². The van der Waals surface area contributed by atoms with Crippen LogP contribution in [0.2, 0.25) is 0 Å². The second kappa shape index (κ2) is 8.55.